The number of carbonyl (C=O) groups excluding carboxylic acids is 1. The number of ether oxygens (including phenoxy) is 2. The van der Waals surface area contributed by atoms with Crippen molar-refractivity contribution in [3.63, 3.8) is 0 Å². The van der Waals surface area contributed by atoms with Crippen LogP contribution in [0.2, 0.25) is 0 Å². The van der Waals surface area contributed by atoms with E-state index in [1.165, 1.54) is 12.1 Å². The number of benzene rings is 1. The Morgan fingerprint density at radius 1 is 1.31 bits per heavy atom. The molecular weight excluding hydrogens is 375 g/mol. The maximum absolute atomic E-state index is 13.4. The van der Waals surface area contributed by atoms with E-state index in [0.29, 0.717) is 25.1 Å². The number of aromatic nitrogens is 1. The summed E-state index contributed by atoms with van der Waals surface area (Å²) in [6.45, 7) is 2.31. The molecule has 0 saturated heterocycles. The highest BCUT2D eigenvalue weighted by molar-refractivity contribution is 6.02. The summed E-state index contributed by atoms with van der Waals surface area (Å²) in [7, 11) is 0. The molecule has 6 nitrogen and oxygen atoms in total. The molecule has 0 saturated carbocycles. The Morgan fingerprint density at radius 2 is 2.10 bits per heavy atom. The molecule has 2 aromatic rings. The number of aliphatic hydroxyl groups excluding tert-OH is 1. The second-order valence-corrected chi connectivity index (χ2v) is 6.78. The number of halogens is 1. The van der Waals surface area contributed by atoms with Crippen LogP contribution < -0.4 is 5.32 Å². The number of nitrogens with one attached hydrogen (secondary N) is 1. The van der Waals surface area contributed by atoms with Gasteiger partial charge in [-0.2, -0.15) is 0 Å². The Kier molecular flexibility index (Phi) is 7.32. The highest BCUT2D eigenvalue weighted by atomic mass is 19.1. The van der Waals surface area contributed by atoms with Crippen LogP contribution in [0.4, 0.5) is 10.1 Å². The Morgan fingerprint density at radius 3 is 2.76 bits per heavy atom. The van der Waals surface area contributed by atoms with Gasteiger partial charge in [0.2, 0.25) is 6.29 Å². The molecule has 1 aromatic carbocycles. The molecule has 3 atom stereocenters. The molecule has 154 valence electrons. The monoisotopic (exact) mass is 400 g/mol. The normalized spacial score (nSPS) is 21.2. The Labute approximate surface area is 169 Å². The van der Waals surface area contributed by atoms with Gasteiger partial charge in [-0.1, -0.05) is 12.1 Å². The standard InChI is InChI=1S/C22H25FN2O4/c1-2-28-22-18(6-4-12-26)19(15-7-9-16(23)10-8-15)13-20(29-22)21(27)25-17-5-3-11-24-14-17/h3,5,7-11,13-14,18-19,22,26H,2,4,6,12H2,1H3,(H,25,27)/t18-,19+,22+/m1/s1. The smallest absolute Gasteiger partial charge is 0.290 e. The predicted molar refractivity (Wildman–Crippen MR) is 106 cm³/mol. The zero-order valence-electron chi connectivity index (χ0n) is 16.3. The first-order chi connectivity index (χ1) is 14.1. The molecule has 1 aliphatic heterocycles. The van der Waals surface area contributed by atoms with Crippen molar-refractivity contribution in [2.24, 2.45) is 5.92 Å². The second kappa shape index (κ2) is 10.1. The number of allylic oxidation sites excluding steroid dienone is 1. The highest BCUT2D eigenvalue weighted by Crippen LogP contribution is 2.39. The van der Waals surface area contributed by atoms with Crippen molar-refractivity contribution in [3.05, 3.63) is 72.0 Å². The van der Waals surface area contributed by atoms with Gasteiger partial charge in [-0.25, -0.2) is 4.39 Å². The van der Waals surface area contributed by atoms with Gasteiger partial charge in [-0.3, -0.25) is 9.78 Å². The third kappa shape index (κ3) is 5.40. The minimum absolute atomic E-state index is 0.0452. The van der Waals surface area contributed by atoms with Crippen LogP contribution in [0.25, 0.3) is 0 Å². The van der Waals surface area contributed by atoms with Gasteiger partial charge in [0.25, 0.3) is 5.91 Å². The van der Waals surface area contributed by atoms with Crippen molar-refractivity contribution < 1.29 is 23.8 Å². The molecule has 1 amide bonds. The number of rotatable bonds is 8. The number of nitrogens with zero attached hydrogens (tertiary/aromatic N) is 1. The lowest BCUT2D eigenvalue weighted by Gasteiger charge is -2.37. The molecule has 0 unspecified atom stereocenters. The molecule has 0 spiro atoms. The van der Waals surface area contributed by atoms with Crippen LogP contribution in [0.5, 0.6) is 0 Å². The van der Waals surface area contributed by atoms with Gasteiger partial charge in [0, 0.05) is 31.2 Å². The van der Waals surface area contributed by atoms with Crippen molar-refractivity contribution in [1.82, 2.24) is 4.98 Å². The van der Waals surface area contributed by atoms with Gasteiger partial charge >= 0.3 is 0 Å². The van der Waals surface area contributed by atoms with Crippen LogP contribution in [0.15, 0.2) is 60.6 Å². The first kappa shape index (κ1) is 21.0. The molecule has 0 bridgehead atoms. The predicted octanol–water partition coefficient (Wildman–Crippen LogP) is 3.61. The SMILES string of the molecule is CCO[C@H]1OC(C(=O)Nc2cccnc2)=C[C@@H](c2ccc(F)cc2)[C@H]1CCCO. The first-order valence-electron chi connectivity index (χ1n) is 9.70. The number of hydrogen-bond donors (Lipinski definition) is 2. The van der Waals surface area contributed by atoms with Gasteiger partial charge in [-0.05, 0) is 55.7 Å². The molecular formula is C22H25FN2O4. The van der Waals surface area contributed by atoms with Crippen LogP contribution in [0, 0.1) is 11.7 Å². The van der Waals surface area contributed by atoms with Crippen LogP contribution in [0.3, 0.4) is 0 Å². The lowest BCUT2D eigenvalue weighted by Crippen LogP contribution is -2.37. The van der Waals surface area contributed by atoms with Gasteiger partial charge in [-0.15, -0.1) is 0 Å². The maximum atomic E-state index is 13.4. The van der Waals surface area contributed by atoms with Gasteiger partial charge in [0.05, 0.1) is 11.9 Å². The zero-order valence-corrected chi connectivity index (χ0v) is 16.3. The molecule has 3 rings (SSSR count). The first-order valence-corrected chi connectivity index (χ1v) is 9.70. The average Bonchev–Trinajstić information content (AvgIpc) is 2.74. The third-order valence-corrected chi connectivity index (χ3v) is 4.81. The number of hydrogen-bond acceptors (Lipinski definition) is 5. The summed E-state index contributed by atoms with van der Waals surface area (Å²) >= 11 is 0. The molecule has 1 aliphatic rings. The molecule has 2 heterocycles. The summed E-state index contributed by atoms with van der Waals surface area (Å²) in [5.41, 5.74) is 1.41. The fourth-order valence-corrected chi connectivity index (χ4v) is 3.46. The van der Waals surface area contributed by atoms with E-state index in [4.69, 9.17) is 9.47 Å². The van der Waals surface area contributed by atoms with E-state index < -0.39 is 12.2 Å². The van der Waals surface area contributed by atoms with E-state index in [1.54, 1.807) is 42.7 Å². The van der Waals surface area contributed by atoms with Gasteiger partial charge in [0.15, 0.2) is 5.76 Å². The molecule has 0 aliphatic carbocycles. The number of carbonyl (C=O) groups is 1. The largest absolute Gasteiger partial charge is 0.459 e. The van der Waals surface area contributed by atoms with Crippen molar-refractivity contribution in [2.75, 3.05) is 18.5 Å². The van der Waals surface area contributed by atoms with E-state index in [9.17, 15) is 14.3 Å². The van der Waals surface area contributed by atoms with E-state index in [1.807, 2.05) is 6.92 Å². The topological polar surface area (TPSA) is 80.7 Å². The van der Waals surface area contributed by atoms with Crippen molar-refractivity contribution in [3.8, 4) is 0 Å². The lowest BCUT2D eigenvalue weighted by molar-refractivity contribution is -0.165. The summed E-state index contributed by atoms with van der Waals surface area (Å²) < 4.78 is 25.1. The van der Waals surface area contributed by atoms with Crippen molar-refractivity contribution >= 4 is 11.6 Å². The van der Waals surface area contributed by atoms with Gasteiger partial charge in [0.1, 0.15) is 5.82 Å². The Balaban J connectivity index is 1.92. The van der Waals surface area contributed by atoms with E-state index in [0.717, 1.165) is 5.56 Å². The maximum Gasteiger partial charge on any atom is 0.290 e. The number of pyridine rings is 1. The summed E-state index contributed by atoms with van der Waals surface area (Å²) in [5.74, 6) is -0.936. The molecule has 2 N–H and O–H groups in total. The number of aliphatic hydroxyl groups is 1. The molecule has 7 heteroatoms. The van der Waals surface area contributed by atoms with Crippen molar-refractivity contribution in [2.45, 2.75) is 32.0 Å². The summed E-state index contributed by atoms with van der Waals surface area (Å²) in [6.07, 6.45) is 5.46. The zero-order chi connectivity index (χ0) is 20.6. The Hall–Kier alpha value is -2.77. The van der Waals surface area contributed by atoms with Gasteiger partial charge < -0.3 is 19.9 Å². The molecule has 0 fully saturated rings. The van der Waals surface area contributed by atoms with Crippen LogP contribution in [-0.2, 0) is 14.3 Å². The summed E-state index contributed by atoms with van der Waals surface area (Å²) in [4.78, 5) is 16.8. The number of anilines is 1. The fraction of sp³-hybridized carbons (Fsp3) is 0.364. The quantitative estimate of drug-likeness (QED) is 0.708. The summed E-state index contributed by atoms with van der Waals surface area (Å²) in [5, 5.41) is 12.1. The van der Waals surface area contributed by atoms with E-state index in [2.05, 4.69) is 10.3 Å². The molecule has 29 heavy (non-hydrogen) atoms. The van der Waals surface area contributed by atoms with Crippen LogP contribution in [-0.4, -0.2) is 35.5 Å². The molecule has 0 radical (unpaired) electrons. The summed E-state index contributed by atoms with van der Waals surface area (Å²) in [6, 6.07) is 9.65. The highest BCUT2D eigenvalue weighted by Gasteiger charge is 2.37. The van der Waals surface area contributed by atoms with Crippen LogP contribution in [0.1, 0.15) is 31.2 Å². The average molecular weight is 400 g/mol. The second-order valence-electron chi connectivity index (χ2n) is 6.78. The Bertz CT molecular complexity index is 826. The fourth-order valence-electron chi connectivity index (χ4n) is 3.46. The van der Waals surface area contributed by atoms with E-state index >= 15 is 0 Å². The number of amides is 1. The van der Waals surface area contributed by atoms with Crippen LogP contribution >= 0.6 is 0 Å². The minimum Gasteiger partial charge on any atom is -0.459 e. The van der Waals surface area contributed by atoms with E-state index in [-0.39, 0.29) is 30.0 Å². The minimum atomic E-state index is -0.652. The lowest BCUT2D eigenvalue weighted by atomic mass is 9.80. The molecule has 1 aromatic heterocycles. The van der Waals surface area contributed by atoms with Crippen molar-refractivity contribution in [1.29, 1.82) is 0 Å². The third-order valence-electron chi connectivity index (χ3n) is 4.81.